The minimum absolute atomic E-state index is 0.856. The van der Waals surface area contributed by atoms with Gasteiger partial charge in [0.2, 0.25) is 0 Å². The third-order valence-corrected chi connectivity index (χ3v) is 10.9. The summed E-state index contributed by atoms with van der Waals surface area (Å²) >= 11 is 7.68. The van der Waals surface area contributed by atoms with Gasteiger partial charge in [0.1, 0.15) is 29.3 Å². The van der Waals surface area contributed by atoms with Crippen molar-refractivity contribution in [2.45, 2.75) is 111 Å². The summed E-state index contributed by atoms with van der Waals surface area (Å²) in [7, 11) is 0. The van der Waals surface area contributed by atoms with E-state index in [2.05, 4.69) is 96.5 Å². The molecule has 0 fully saturated rings. The fraction of sp³-hybridized carbons (Fsp3) is 0.348. The van der Waals surface area contributed by atoms with E-state index in [1.807, 2.05) is 119 Å². The van der Waals surface area contributed by atoms with Crippen molar-refractivity contribution in [1.29, 1.82) is 0 Å². The molecule has 0 aliphatic rings. The zero-order valence-electron chi connectivity index (χ0n) is 40.6. The largest absolute Gasteiger partial charge is 0.365 e. The molecule has 0 saturated heterocycles. The van der Waals surface area contributed by atoms with E-state index in [9.17, 15) is 0 Å². The van der Waals surface area contributed by atoms with Gasteiger partial charge in [0.25, 0.3) is 0 Å². The summed E-state index contributed by atoms with van der Waals surface area (Å²) in [5, 5.41) is 19.7. The number of nitrogens with zero attached hydrogens (tertiary/aromatic N) is 10. The molecule has 66 heavy (non-hydrogen) atoms. The molecule has 10 heterocycles. The van der Waals surface area contributed by atoms with Crippen LogP contribution < -0.4 is 0 Å². The number of hydrogen-bond donors (Lipinski definition) is 0. The van der Waals surface area contributed by atoms with Crippen molar-refractivity contribution in [2.75, 3.05) is 0 Å². The number of aromatic nitrogens is 10. The van der Waals surface area contributed by atoms with E-state index < -0.39 is 0 Å². The lowest BCUT2D eigenvalue weighted by molar-refractivity contribution is 0.393. The van der Waals surface area contributed by atoms with Gasteiger partial charge in [-0.3, -0.25) is 0 Å². The first kappa shape index (κ1) is 58.2. The molecule has 0 aromatic carbocycles. The zero-order valence-corrected chi connectivity index (χ0v) is 44.7. The molecule has 0 radical (unpaired) electrons. The Labute approximate surface area is 409 Å². The van der Waals surface area contributed by atoms with Crippen LogP contribution in [0.2, 0.25) is 0 Å². The third kappa shape index (κ3) is 31.1. The standard InChI is InChI=1S/3C5H7NO.3C5H7NS.2C4H5NO.2C4H5NS/c1-4-3-6-7-5(4)2;2*1-4-3-5(2)7-6-4;1-4-3-6-7-5(4)2;2*1-4-3-5(2)7-6-4;1-4-2-5-6-3-4;1-4-2-3-5-6-4;1-4-2-3-6-5-4;1-4-2-3-5-6-4/h6*3H,1-2H3;4*2-3H,1H3. The highest BCUT2D eigenvalue weighted by atomic mass is 32.1. The maximum Gasteiger partial charge on any atom is 0.136 e. The molecule has 10 aromatic rings. The van der Waals surface area contributed by atoms with Crippen LogP contribution in [0.5, 0.6) is 0 Å². The third-order valence-electron chi connectivity index (χ3n) is 7.22. The lowest BCUT2D eigenvalue weighted by atomic mass is 10.3. The summed E-state index contributed by atoms with van der Waals surface area (Å²) in [5.41, 5.74) is 8.72. The van der Waals surface area contributed by atoms with Crippen molar-refractivity contribution in [3.8, 4) is 0 Å². The lowest BCUT2D eigenvalue weighted by Crippen LogP contribution is -1.63. The highest BCUT2D eigenvalue weighted by Gasteiger charge is 1.92. The summed E-state index contributed by atoms with van der Waals surface area (Å²) in [6, 6.07) is 13.7. The topological polar surface area (TPSA) is 195 Å². The Kier molecular flexibility index (Phi) is 30.5. The van der Waals surface area contributed by atoms with Gasteiger partial charge in [-0.05, 0) is 198 Å². The van der Waals surface area contributed by atoms with Gasteiger partial charge in [-0.15, -0.1) is 0 Å². The van der Waals surface area contributed by atoms with Gasteiger partial charge < -0.3 is 22.6 Å². The molecule has 0 aliphatic carbocycles. The molecule has 15 nitrogen and oxygen atoms in total. The van der Waals surface area contributed by atoms with Crippen LogP contribution in [0.1, 0.15) is 87.7 Å². The summed E-state index contributed by atoms with van der Waals surface area (Å²) in [4.78, 5) is 5.17. The van der Waals surface area contributed by atoms with Crippen molar-refractivity contribution >= 4 is 57.7 Å². The molecule has 356 valence electrons. The van der Waals surface area contributed by atoms with E-state index in [4.69, 9.17) is 13.6 Å². The van der Waals surface area contributed by atoms with Gasteiger partial charge >= 0.3 is 0 Å². The van der Waals surface area contributed by atoms with E-state index >= 15 is 0 Å². The molecule has 0 amide bonds. The number of rotatable bonds is 0. The molecule has 0 spiro atoms. The maximum atomic E-state index is 4.71. The average molecular weight is 995 g/mol. The molecule has 0 N–H and O–H groups in total. The first-order valence-electron chi connectivity index (χ1n) is 20.2. The Hall–Kier alpha value is -5.80. The van der Waals surface area contributed by atoms with Gasteiger partial charge in [0.15, 0.2) is 0 Å². The summed E-state index contributed by atoms with van der Waals surface area (Å²) in [6.45, 7) is 31.5. The quantitative estimate of drug-likeness (QED) is 0.139. The average Bonchev–Trinajstić information content (AvgIpc) is 4.09. The smallest absolute Gasteiger partial charge is 0.136 e. The van der Waals surface area contributed by atoms with Crippen LogP contribution >= 0.6 is 57.7 Å². The molecule has 0 unspecified atom stereocenters. The van der Waals surface area contributed by atoms with Crippen LogP contribution in [0.4, 0.5) is 0 Å². The fourth-order valence-corrected chi connectivity index (χ4v) is 6.40. The number of aryl methyl sites for hydroxylation is 16. The van der Waals surface area contributed by atoms with E-state index in [0.717, 1.165) is 62.6 Å². The van der Waals surface area contributed by atoms with Crippen LogP contribution in [0.25, 0.3) is 0 Å². The van der Waals surface area contributed by atoms with Gasteiger partial charge in [-0.1, -0.05) is 25.8 Å². The van der Waals surface area contributed by atoms with Crippen LogP contribution in [-0.2, 0) is 0 Å². The minimum Gasteiger partial charge on any atom is -0.365 e. The molecule has 10 rings (SSSR count). The second-order valence-electron chi connectivity index (χ2n) is 14.0. The van der Waals surface area contributed by atoms with Crippen LogP contribution in [0.3, 0.4) is 0 Å². The molecular formula is C46H62N10O5S5. The highest BCUT2D eigenvalue weighted by molar-refractivity contribution is 7.06. The Bertz CT molecular complexity index is 2170. The molecule has 0 bridgehead atoms. The van der Waals surface area contributed by atoms with Crippen molar-refractivity contribution in [1.82, 2.24) is 47.7 Å². The highest BCUT2D eigenvalue weighted by Crippen LogP contribution is 2.08. The van der Waals surface area contributed by atoms with Crippen molar-refractivity contribution in [3.05, 3.63) is 173 Å². The Morgan fingerprint density at radius 3 is 1.15 bits per heavy atom. The predicted molar refractivity (Wildman–Crippen MR) is 269 cm³/mol. The summed E-state index contributed by atoms with van der Waals surface area (Å²) < 4.78 is 43.1. The first-order chi connectivity index (χ1) is 31.3. The normalized spacial score (nSPS) is 9.21. The van der Waals surface area contributed by atoms with Crippen LogP contribution in [0, 0.1) is 111 Å². The minimum atomic E-state index is 0.856. The van der Waals surface area contributed by atoms with Gasteiger partial charge in [0.05, 0.1) is 47.1 Å². The van der Waals surface area contributed by atoms with Crippen LogP contribution in [0.15, 0.2) is 108 Å². The zero-order chi connectivity index (χ0) is 49.3. The number of hydrogen-bond acceptors (Lipinski definition) is 20. The Balaban J connectivity index is 0.000000367. The van der Waals surface area contributed by atoms with Gasteiger partial charge in [0, 0.05) is 66.6 Å². The van der Waals surface area contributed by atoms with Crippen molar-refractivity contribution < 1.29 is 22.6 Å². The van der Waals surface area contributed by atoms with E-state index in [1.165, 1.54) is 48.1 Å². The van der Waals surface area contributed by atoms with Crippen LogP contribution in [-0.4, -0.2) is 47.7 Å². The van der Waals surface area contributed by atoms with E-state index in [0.29, 0.717) is 0 Å². The lowest BCUT2D eigenvalue weighted by Gasteiger charge is -1.77. The fourth-order valence-electron chi connectivity index (χ4n) is 3.75. The van der Waals surface area contributed by atoms with E-state index in [-0.39, 0.29) is 0 Å². The first-order valence-corrected chi connectivity index (χ1v) is 24.1. The summed E-state index contributed by atoms with van der Waals surface area (Å²) in [6.07, 6.45) is 10.3. The van der Waals surface area contributed by atoms with Crippen molar-refractivity contribution in [3.63, 3.8) is 0 Å². The molecule has 0 atom stereocenters. The molecule has 0 saturated carbocycles. The van der Waals surface area contributed by atoms with E-state index in [1.54, 1.807) is 71.7 Å². The van der Waals surface area contributed by atoms with Gasteiger partial charge in [-0.25, -0.2) is 8.75 Å². The predicted octanol–water partition coefficient (Wildman–Crippen LogP) is 14.0. The Morgan fingerprint density at radius 1 is 0.424 bits per heavy atom. The molecule has 20 heteroatoms. The Morgan fingerprint density at radius 2 is 1.03 bits per heavy atom. The monoisotopic (exact) mass is 994 g/mol. The summed E-state index contributed by atoms with van der Waals surface area (Å²) in [5.74, 6) is 3.50. The SMILES string of the molecule is Cc1cc(C)on1.Cc1cc(C)on1.Cc1cc(C)sn1.Cc1cc(C)sn1.Cc1ccno1.Cc1ccns1.Cc1ccsn1.Cc1cnoc1.Cc1cnoc1C.Cc1cnsc1C. The maximum absolute atomic E-state index is 4.71. The second kappa shape index (κ2) is 34.5. The second-order valence-corrected chi connectivity index (χ2v) is 18.8. The van der Waals surface area contributed by atoms with Gasteiger partial charge in [-0.2, -0.15) is 13.1 Å². The molecule has 0 aliphatic heterocycles. The molecular weight excluding hydrogens is 933 g/mol. The molecule has 10 aromatic heterocycles. The van der Waals surface area contributed by atoms with Crippen molar-refractivity contribution in [2.24, 2.45) is 0 Å².